The van der Waals surface area contributed by atoms with Gasteiger partial charge in [0.25, 0.3) is 0 Å². The first kappa shape index (κ1) is 27.9. The molecule has 3 rings (SSSR count). The Kier molecular flexibility index (Phi) is 10.5. The van der Waals surface area contributed by atoms with Crippen molar-refractivity contribution < 1.29 is 23.8 Å². The molecule has 0 aliphatic carbocycles. The van der Waals surface area contributed by atoms with Crippen LogP contribution >= 0.6 is 0 Å². The zero-order valence-corrected chi connectivity index (χ0v) is 21.6. The van der Waals surface area contributed by atoms with E-state index in [9.17, 15) is 14.3 Å². The number of carbonyl (C=O) groups is 1. The summed E-state index contributed by atoms with van der Waals surface area (Å²) < 4.78 is 25.1. The molecule has 1 heterocycles. The number of ether oxygens (including phenoxy) is 2. The number of benzene rings is 2. The minimum absolute atomic E-state index is 0.00352. The zero-order valence-electron chi connectivity index (χ0n) is 21.6. The number of hydrogen-bond acceptors (Lipinski definition) is 5. The van der Waals surface area contributed by atoms with Gasteiger partial charge < -0.3 is 30.1 Å². The van der Waals surface area contributed by atoms with Gasteiger partial charge in [0.2, 0.25) is 0 Å². The van der Waals surface area contributed by atoms with E-state index in [1.165, 1.54) is 12.1 Å². The van der Waals surface area contributed by atoms with E-state index in [0.717, 1.165) is 25.7 Å². The van der Waals surface area contributed by atoms with Crippen molar-refractivity contribution in [2.75, 3.05) is 40.4 Å². The van der Waals surface area contributed by atoms with Gasteiger partial charge in [-0.3, -0.25) is 0 Å². The summed E-state index contributed by atoms with van der Waals surface area (Å²) in [5.41, 5.74) is -0.574. The number of likely N-dealkylation sites (N-methyl/N-ethyl adjacent to an activating group) is 1. The maximum Gasteiger partial charge on any atom is 0.317 e. The second kappa shape index (κ2) is 13.6. The minimum atomic E-state index is -1.23. The summed E-state index contributed by atoms with van der Waals surface area (Å²) in [7, 11) is 3.52. The highest BCUT2D eigenvalue weighted by Gasteiger charge is 2.43. The molecule has 1 saturated heterocycles. The van der Waals surface area contributed by atoms with Crippen LogP contribution in [0.15, 0.2) is 48.5 Å². The molecule has 0 aromatic heterocycles. The molecule has 3 N–H and O–H groups in total. The predicted molar refractivity (Wildman–Crippen MR) is 139 cm³/mol. The van der Waals surface area contributed by atoms with Crippen molar-refractivity contribution in [3.63, 3.8) is 0 Å². The molecule has 7 nitrogen and oxygen atoms in total. The Labute approximate surface area is 214 Å². The summed E-state index contributed by atoms with van der Waals surface area (Å²) in [5, 5.41) is 18.4. The SMILES string of the molecule is CNCC(C)NC(=O)N1CCCC(C(O)(CCCCOC)c2ccccc2Oc2cccc(F)c2)C1. The molecule has 1 aliphatic heterocycles. The number of amides is 2. The van der Waals surface area contributed by atoms with Crippen molar-refractivity contribution in [1.29, 1.82) is 0 Å². The number of unbranched alkanes of at least 4 members (excludes halogenated alkanes) is 1. The van der Waals surface area contributed by atoms with Gasteiger partial charge in [-0.1, -0.05) is 24.3 Å². The molecule has 3 atom stereocenters. The number of nitrogens with one attached hydrogen (secondary N) is 2. The van der Waals surface area contributed by atoms with Crippen LogP contribution in [0.25, 0.3) is 0 Å². The highest BCUT2D eigenvalue weighted by Crippen LogP contribution is 2.44. The Balaban J connectivity index is 1.88. The molecule has 0 saturated carbocycles. The molecule has 198 valence electrons. The quantitative estimate of drug-likeness (QED) is 0.369. The third-order valence-corrected chi connectivity index (χ3v) is 6.80. The molecule has 1 aliphatic rings. The number of para-hydroxylation sites is 1. The second-order valence-electron chi connectivity index (χ2n) is 9.62. The summed E-state index contributed by atoms with van der Waals surface area (Å²) in [6, 6.07) is 13.2. The number of aliphatic hydroxyl groups is 1. The fourth-order valence-corrected chi connectivity index (χ4v) is 4.98. The van der Waals surface area contributed by atoms with Gasteiger partial charge in [-0.2, -0.15) is 0 Å². The van der Waals surface area contributed by atoms with Gasteiger partial charge in [0.05, 0.1) is 5.60 Å². The lowest BCUT2D eigenvalue weighted by molar-refractivity contribution is -0.0574. The van der Waals surface area contributed by atoms with Gasteiger partial charge in [0, 0.05) is 56.9 Å². The standard InChI is InChI=1S/C28H40FN3O4/c1-21(19-30-2)31-27(33)32-16-9-10-22(20-32)28(34,15-6-7-17-35-3)25-13-4-5-14-26(25)36-24-12-8-11-23(29)18-24/h4-5,8,11-14,18,21-22,30,34H,6-7,9-10,15-17,19-20H2,1-3H3,(H,31,33). The van der Waals surface area contributed by atoms with E-state index >= 15 is 0 Å². The number of likely N-dealkylation sites (tertiary alicyclic amines) is 1. The maximum atomic E-state index is 13.8. The molecule has 1 fully saturated rings. The Morgan fingerprint density at radius 2 is 2.06 bits per heavy atom. The molecule has 0 radical (unpaired) electrons. The average Bonchev–Trinajstić information content (AvgIpc) is 2.87. The Morgan fingerprint density at radius 1 is 1.25 bits per heavy atom. The number of rotatable bonds is 12. The lowest BCUT2D eigenvalue weighted by atomic mass is 9.73. The van der Waals surface area contributed by atoms with Crippen molar-refractivity contribution in [2.45, 2.75) is 50.7 Å². The molecule has 3 unspecified atom stereocenters. The van der Waals surface area contributed by atoms with Crippen LogP contribution in [0.3, 0.4) is 0 Å². The van der Waals surface area contributed by atoms with Crippen molar-refractivity contribution in [2.24, 2.45) is 5.92 Å². The van der Waals surface area contributed by atoms with E-state index in [4.69, 9.17) is 9.47 Å². The number of nitrogens with zero attached hydrogens (tertiary/aromatic N) is 1. The van der Waals surface area contributed by atoms with Gasteiger partial charge in [-0.25, -0.2) is 9.18 Å². The van der Waals surface area contributed by atoms with Crippen LogP contribution in [0.5, 0.6) is 11.5 Å². The van der Waals surface area contributed by atoms with Crippen LogP contribution in [-0.2, 0) is 10.3 Å². The highest BCUT2D eigenvalue weighted by molar-refractivity contribution is 5.74. The van der Waals surface area contributed by atoms with E-state index in [2.05, 4.69) is 10.6 Å². The Bertz CT molecular complexity index is 975. The number of hydrogen-bond donors (Lipinski definition) is 3. The lowest BCUT2D eigenvalue weighted by Gasteiger charge is -2.43. The molecule has 36 heavy (non-hydrogen) atoms. The third-order valence-electron chi connectivity index (χ3n) is 6.80. The van der Waals surface area contributed by atoms with Crippen LogP contribution in [0, 0.1) is 11.7 Å². The van der Waals surface area contributed by atoms with Gasteiger partial charge in [-0.15, -0.1) is 0 Å². The third kappa shape index (κ3) is 7.41. The van der Waals surface area contributed by atoms with Crippen molar-refractivity contribution in [3.05, 3.63) is 59.9 Å². The molecule has 8 heteroatoms. The zero-order chi connectivity index (χ0) is 26.0. The summed E-state index contributed by atoms with van der Waals surface area (Å²) in [6.45, 7) is 4.34. The van der Waals surface area contributed by atoms with Crippen LogP contribution in [0.4, 0.5) is 9.18 Å². The Hall–Kier alpha value is -2.68. The van der Waals surface area contributed by atoms with Crippen LogP contribution in [-0.4, -0.2) is 62.5 Å². The molecule has 0 spiro atoms. The average molecular weight is 502 g/mol. The normalized spacial score (nSPS) is 18.4. The molecule has 2 aromatic rings. The number of methoxy groups -OCH3 is 1. The molecular formula is C28H40FN3O4. The van der Waals surface area contributed by atoms with E-state index in [-0.39, 0.29) is 23.8 Å². The first-order chi connectivity index (χ1) is 17.4. The first-order valence-corrected chi connectivity index (χ1v) is 12.8. The molecular weight excluding hydrogens is 461 g/mol. The summed E-state index contributed by atoms with van der Waals surface area (Å²) in [5.74, 6) is 0.284. The van der Waals surface area contributed by atoms with Gasteiger partial charge in [0.1, 0.15) is 17.3 Å². The van der Waals surface area contributed by atoms with Crippen LogP contribution in [0.1, 0.15) is 44.6 Å². The van der Waals surface area contributed by atoms with E-state index < -0.39 is 5.60 Å². The van der Waals surface area contributed by atoms with E-state index in [0.29, 0.717) is 49.7 Å². The molecule has 2 amide bonds. The number of piperidine rings is 1. The van der Waals surface area contributed by atoms with E-state index in [1.54, 1.807) is 30.2 Å². The fourth-order valence-electron chi connectivity index (χ4n) is 4.98. The summed E-state index contributed by atoms with van der Waals surface area (Å²) in [6.07, 6.45) is 3.64. The van der Waals surface area contributed by atoms with Crippen LogP contribution < -0.4 is 15.4 Å². The number of urea groups is 1. The summed E-state index contributed by atoms with van der Waals surface area (Å²) in [4.78, 5) is 14.8. The smallest absolute Gasteiger partial charge is 0.317 e. The lowest BCUT2D eigenvalue weighted by Crippen LogP contribution is -2.53. The maximum absolute atomic E-state index is 13.8. The Morgan fingerprint density at radius 3 is 2.81 bits per heavy atom. The minimum Gasteiger partial charge on any atom is -0.457 e. The first-order valence-electron chi connectivity index (χ1n) is 12.8. The van der Waals surface area contributed by atoms with Crippen molar-refractivity contribution >= 4 is 6.03 Å². The second-order valence-corrected chi connectivity index (χ2v) is 9.62. The monoisotopic (exact) mass is 501 g/mol. The fraction of sp³-hybridized carbons (Fsp3) is 0.536. The topological polar surface area (TPSA) is 83.1 Å². The van der Waals surface area contributed by atoms with E-state index in [1.807, 2.05) is 32.2 Å². The summed E-state index contributed by atoms with van der Waals surface area (Å²) >= 11 is 0. The highest BCUT2D eigenvalue weighted by atomic mass is 19.1. The molecule has 0 bridgehead atoms. The number of halogens is 1. The molecule has 2 aromatic carbocycles. The predicted octanol–water partition coefficient (Wildman–Crippen LogP) is 4.65. The van der Waals surface area contributed by atoms with Gasteiger partial charge in [-0.05, 0) is 64.3 Å². The van der Waals surface area contributed by atoms with Crippen LogP contribution in [0.2, 0.25) is 0 Å². The van der Waals surface area contributed by atoms with Crippen molar-refractivity contribution in [1.82, 2.24) is 15.5 Å². The van der Waals surface area contributed by atoms with Gasteiger partial charge >= 0.3 is 6.03 Å². The number of carbonyl (C=O) groups excluding carboxylic acids is 1. The van der Waals surface area contributed by atoms with Gasteiger partial charge in [0.15, 0.2) is 0 Å². The largest absolute Gasteiger partial charge is 0.457 e. The van der Waals surface area contributed by atoms with Crippen molar-refractivity contribution in [3.8, 4) is 11.5 Å².